The number of likely N-dealkylation sites (N-methyl/N-ethyl adjacent to an activating group) is 1. The average Bonchev–Trinajstić information content (AvgIpc) is 3.25. The van der Waals surface area contributed by atoms with Gasteiger partial charge in [0.15, 0.2) is 11.5 Å². The molecule has 2 amide bonds. The van der Waals surface area contributed by atoms with E-state index in [-0.39, 0.29) is 11.8 Å². The van der Waals surface area contributed by atoms with Gasteiger partial charge in [0.2, 0.25) is 11.8 Å². The molecular weight excluding hydrogens is 410 g/mol. The van der Waals surface area contributed by atoms with Gasteiger partial charge in [-0.15, -0.1) is 0 Å². The van der Waals surface area contributed by atoms with Gasteiger partial charge in [-0.2, -0.15) is 0 Å². The van der Waals surface area contributed by atoms with E-state index in [0.29, 0.717) is 50.6 Å². The fourth-order valence-electron chi connectivity index (χ4n) is 4.04. The molecule has 0 aromatic heterocycles. The number of hydrogen-bond acceptors (Lipinski definition) is 6. The second kappa shape index (κ2) is 10.0. The summed E-state index contributed by atoms with van der Waals surface area (Å²) in [5.74, 6) is 0.850. The first-order chi connectivity index (χ1) is 15.5. The monoisotopic (exact) mass is 439 g/mol. The first-order valence-corrected chi connectivity index (χ1v) is 10.9. The van der Waals surface area contributed by atoms with Crippen molar-refractivity contribution < 1.29 is 24.2 Å². The molecule has 1 saturated heterocycles. The number of ether oxygens (including phenoxy) is 2. The molecule has 3 N–H and O–H groups in total. The summed E-state index contributed by atoms with van der Waals surface area (Å²) in [6.07, 6.45) is 0.0881. The number of hydrogen-bond donors (Lipinski definition) is 3. The Hall–Kier alpha value is -3.10. The summed E-state index contributed by atoms with van der Waals surface area (Å²) < 4.78 is 11.2. The Morgan fingerprint density at radius 2 is 1.88 bits per heavy atom. The van der Waals surface area contributed by atoms with E-state index in [2.05, 4.69) is 10.6 Å². The topological polar surface area (TPSA) is 100 Å². The lowest BCUT2D eigenvalue weighted by molar-refractivity contribution is -0.136. The number of carbonyl (C=O) groups excluding carboxylic acids is 2. The normalized spacial score (nSPS) is 20.4. The third-order valence-electron chi connectivity index (χ3n) is 5.72. The van der Waals surface area contributed by atoms with Gasteiger partial charge in [0, 0.05) is 26.6 Å². The van der Waals surface area contributed by atoms with Crippen LogP contribution in [0, 0.1) is 0 Å². The number of aliphatic hydroxyl groups is 1. The molecule has 0 radical (unpaired) electrons. The van der Waals surface area contributed by atoms with Crippen LogP contribution in [0.3, 0.4) is 0 Å². The van der Waals surface area contributed by atoms with Crippen molar-refractivity contribution >= 4 is 11.8 Å². The Balaban J connectivity index is 1.50. The Kier molecular flexibility index (Phi) is 6.92. The maximum absolute atomic E-state index is 13.3. The fourth-order valence-corrected chi connectivity index (χ4v) is 4.04. The number of nitrogens with zero attached hydrogens (tertiary/aromatic N) is 1. The van der Waals surface area contributed by atoms with E-state index < -0.39 is 18.2 Å². The van der Waals surface area contributed by atoms with E-state index >= 15 is 0 Å². The van der Waals surface area contributed by atoms with Gasteiger partial charge in [-0.1, -0.05) is 36.4 Å². The highest BCUT2D eigenvalue weighted by molar-refractivity contribution is 5.90. The molecule has 2 aromatic rings. The van der Waals surface area contributed by atoms with Gasteiger partial charge in [-0.25, -0.2) is 0 Å². The third-order valence-corrected chi connectivity index (χ3v) is 5.72. The quantitative estimate of drug-likeness (QED) is 0.592. The average molecular weight is 440 g/mol. The summed E-state index contributed by atoms with van der Waals surface area (Å²) in [5.41, 5.74) is 1.87. The molecule has 1 fully saturated rings. The predicted molar refractivity (Wildman–Crippen MR) is 118 cm³/mol. The highest BCUT2D eigenvalue weighted by atomic mass is 16.6. The van der Waals surface area contributed by atoms with Gasteiger partial charge in [0.1, 0.15) is 19.3 Å². The molecule has 8 nitrogen and oxygen atoms in total. The van der Waals surface area contributed by atoms with Crippen LogP contribution in [0.5, 0.6) is 11.5 Å². The Morgan fingerprint density at radius 3 is 2.59 bits per heavy atom. The summed E-state index contributed by atoms with van der Waals surface area (Å²) in [7, 11) is 1.73. The molecule has 2 heterocycles. The number of amides is 2. The Labute approximate surface area is 187 Å². The maximum atomic E-state index is 13.3. The molecule has 0 unspecified atom stereocenters. The van der Waals surface area contributed by atoms with Crippen molar-refractivity contribution in [2.75, 3.05) is 26.8 Å². The second-order valence-corrected chi connectivity index (χ2v) is 8.27. The lowest BCUT2D eigenvalue weighted by Crippen LogP contribution is -2.52. The molecule has 0 spiro atoms. The zero-order chi connectivity index (χ0) is 22.5. The van der Waals surface area contributed by atoms with Gasteiger partial charge in [0.25, 0.3) is 0 Å². The lowest BCUT2D eigenvalue weighted by atomic mass is 10.0. The zero-order valence-electron chi connectivity index (χ0n) is 18.1. The van der Waals surface area contributed by atoms with Crippen LogP contribution in [0.1, 0.15) is 17.5 Å². The van der Waals surface area contributed by atoms with Crippen molar-refractivity contribution in [2.24, 2.45) is 0 Å². The van der Waals surface area contributed by atoms with Crippen LogP contribution in [-0.4, -0.2) is 66.8 Å². The Morgan fingerprint density at radius 1 is 1.12 bits per heavy atom. The zero-order valence-corrected chi connectivity index (χ0v) is 18.1. The van der Waals surface area contributed by atoms with Crippen LogP contribution >= 0.6 is 0 Å². The highest BCUT2D eigenvalue weighted by Crippen LogP contribution is 2.31. The van der Waals surface area contributed by atoms with Crippen molar-refractivity contribution in [1.29, 1.82) is 0 Å². The molecule has 2 aliphatic rings. The van der Waals surface area contributed by atoms with E-state index in [9.17, 15) is 14.7 Å². The minimum atomic E-state index is -0.752. The van der Waals surface area contributed by atoms with Crippen molar-refractivity contribution in [3.8, 4) is 11.5 Å². The predicted octanol–water partition coefficient (Wildman–Crippen LogP) is 0.867. The fraction of sp³-hybridized carbons (Fsp3) is 0.417. The number of β-amino-alcohol motifs (C(OH)–C–C–N with tert-alkyl or cyclic N) is 1. The molecule has 4 rings (SSSR count). The first kappa shape index (κ1) is 22.1. The van der Waals surface area contributed by atoms with Crippen LogP contribution in [-0.2, 0) is 22.6 Å². The number of rotatable bonds is 7. The van der Waals surface area contributed by atoms with E-state index in [0.717, 1.165) is 11.1 Å². The van der Waals surface area contributed by atoms with Gasteiger partial charge in [-0.05, 0) is 29.7 Å². The second-order valence-electron chi connectivity index (χ2n) is 8.27. The first-order valence-electron chi connectivity index (χ1n) is 10.9. The van der Waals surface area contributed by atoms with Crippen LogP contribution in [0.4, 0.5) is 0 Å². The number of carbonyl (C=O) groups is 2. The summed E-state index contributed by atoms with van der Waals surface area (Å²) in [6, 6.07) is 14.0. The molecule has 8 heteroatoms. The van der Waals surface area contributed by atoms with Gasteiger partial charge < -0.3 is 30.1 Å². The Bertz CT molecular complexity index is 952. The molecule has 170 valence electrons. The van der Waals surface area contributed by atoms with Crippen LogP contribution in [0.15, 0.2) is 48.5 Å². The largest absolute Gasteiger partial charge is 0.486 e. The smallest absolute Gasteiger partial charge is 0.245 e. The van der Waals surface area contributed by atoms with Crippen LogP contribution < -0.4 is 20.1 Å². The number of fused-ring (bicyclic) bond motifs is 1. The lowest BCUT2D eigenvalue weighted by Gasteiger charge is -2.26. The van der Waals surface area contributed by atoms with E-state index in [1.807, 2.05) is 48.5 Å². The molecule has 2 aliphatic heterocycles. The number of benzene rings is 2. The van der Waals surface area contributed by atoms with E-state index in [1.54, 1.807) is 11.9 Å². The molecule has 0 bridgehead atoms. The summed E-state index contributed by atoms with van der Waals surface area (Å²) in [5, 5.41) is 15.6. The highest BCUT2D eigenvalue weighted by Gasteiger charge is 2.32. The molecule has 0 aliphatic carbocycles. The van der Waals surface area contributed by atoms with Gasteiger partial charge in [0.05, 0.1) is 12.1 Å². The SMILES string of the molecule is CN(Cc1ccccc1)C(=O)[C@H](Cc1ccc2c(c1)OCCO2)NC(=O)[C@@H]1C[C@@H](O)CN1. The standard InChI is InChI=1S/C24H29N3O5/c1-27(15-16-5-3-2-4-6-16)24(30)20(26-23(29)19-13-18(28)14-25-19)11-17-7-8-21-22(12-17)32-10-9-31-21/h2-8,12,18-20,25,28H,9-11,13-15H2,1H3,(H,26,29)/t18-,19+,20+/m1/s1. The molecular formula is C24H29N3O5. The van der Waals surface area contributed by atoms with Gasteiger partial charge >= 0.3 is 0 Å². The summed E-state index contributed by atoms with van der Waals surface area (Å²) in [4.78, 5) is 27.8. The molecule has 3 atom stereocenters. The molecule has 0 saturated carbocycles. The minimum Gasteiger partial charge on any atom is -0.486 e. The van der Waals surface area contributed by atoms with Crippen molar-refractivity contribution in [3.63, 3.8) is 0 Å². The third kappa shape index (κ3) is 5.38. The number of nitrogens with one attached hydrogen (secondary N) is 2. The van der Waals surface area contributed by atoms with E-state index in [1.165, 1.54) is 0 Å². The van der Waals surface area contributed by atoms with Crippen molar-refractivity contribution in [1.82, 2.24) is 15.5 Å². The maximum Gasteiger partial charge on any atom is 0.245 e. The number of aliphatic hydroxyl groups excluding tert-OH is 1. The van der Waals surface area contributed by atoms with Crippen LogP contribution in [0.2, 0.25) is 0 Å². The van der Waals surface area contributed by atoms with E-state index in [4.69, 9.17) is 9.47 Å². The molecule has 32 heavy (non-hydrogen) atoms. The molecule has 2 aromatic carbocycles. The van der Waals surface area contributed by atoms with Gasteiger partial charge in [-0.3, -0.25) is 9.59 Å². The van der Waals surface area contributed by atoms with Crippen molar-refractivity contribution in [2.45, 2.75) is 37.6 Å². The van der Waals surface area contributed by atoms with Crippen molar-refractivity contribution in [3.05, 3.63) is 59.7 Å². The summed E-state index contributed by atoms with van der Waals surface area (Å²) in [6.45, 7) is 1.79. The minimum absolute atomic E-state index is 0.185. The van der Waals surface area contributed by atoms with Crippen LogP contribution in [0.25, 0.3) is 0 Å². The summed E-state index contributed by atoms with van der Waals surface area (Å²) >= 11 is 0.